The maximum absolute atomic E-state index is 11.9. The third kappa shape index (κ3) is 5.98. The molecule has 0 aromatic rings. The van der Waals surface area contributed by atoms with Crippen molar-refractivity contribution in [1.82, 2.24) is 10.2 Å². The van der Waals surface area contributed by atoms with Crippen molar-refractivity contribution in [3.8, 4) is 0 Å². The van der Waals surface area contributed by atoms with Crippen molar-refractivity contribution in [1.29, 1.82) is 0 Å². The van der Waals surface area contributed by atoms with Gasteiger partial charge in [0.15, 0.2) is 0 Å². The van der Waals surface area contributed by atoms with E-state index in [9.17, 15) is 4.79 Å². The largest absolute Gasteiger partial charge is 0.341 e. The average molecular weight is 281 g/mol. The highest BCUT2D eigenvalue weighted by Gasteiger charge is 2.25. The zero-order valence-electron chi connectivity index (χ0n) is 11.1. The summed E-state index contributed by atoms with van der Waals surface area (Å²) in [6.07, 6.45) is 1.64. The van der Waals surface area contributed by atoms with Crippen molar-refractivity contribution in [3.05, 3.63) is 0 Å². The minimum absolute atomic E-state index is 0. The van der Waals surface area contributed by atoms with Gasteiger partial charge in [0.25, 0.3) is 0 Å². The minimum Gasteiger partial charge on any atom is -0.341 e. The molecular weight excluding hydrogens is 256 g/mol. The van der Waals surface area contributed by atoms with Crippen LogP contribution in [-0.2, 0) is 4.79 Å². The van der Waals surface area contributed by atoms with Crippen LogP contribution in [0.5, 0.6) is 0 Å². The fourth-order valence-corrected chi connectivity index (χ4v) is 3.18. The zero-order valence-corrected chi connectivity index (χ0v) is 12.7. The Morgan fingerprint density at radius 2 is 2.24 bits per heavy atom. The highest BCUT2D eigenvalue weighted by atomic mass is 35.5. The number of nitrogens with zero attached hydrogens (tertiary/aromatic N) is 1. The summed E-state index contributed by atoms with van der Waals surface area (Å²) in [5.41, 5.74) is 0. The van der Waals surface area contributed by atoms with Gasteiger partial charge in [-0.15, -0.1) is 12.4 Å². The van der Waals surface area contributed by atoms with E-state index in [1.54, 1.807) is 0 Å². The van der Waals surface area contributed by atoms with Crippen LogP contribution in [0.15, 0.2) is 0 Å². The number of hydrogen-bond donors (Lipinski definition) is 1. The predicted octanol–water partition coefficient (Wildman–Crippen LogP) is 2.01. The van der Waals surface area contributed by atoms with Crippen molar-refractivity contribution in [3.63, 3.8) is 0 Å². The lowest BCUT2D eigenvalue weighted by Crippen LogP contribution is -2.43. The normalized spacial score (nSPS) is 20.2. The lowest BCUT2D eigenvalue weighted by Gasteiger charge is -2.34. The van der Waals surface area contributed by atoms with E-state index in [4.69, 9.17) is 0 Å². The fraction of sp³-hybridized carbons (Fsp3) is 0.917. The molecule has 1 heterocycles. The predicted molar refractivity (Wildman–Crippen MR) is 78.1 cm³/mol. The summed E-state index contributed by atoms with van der Waals surface area (Å²) in [4.78, 5) is 14.0. The van der Waals surface area contributed by atoms with Gasteiger partial charge in [0.2, 0.25) is 5.91 Å². The average Bonchev–Trinajstić information content (AvgIpc) is 2.29. The number of hydrogen-bond acceptors (Lipinski definition) is 3. The van der Waals surface area contributed by atoms with E-state index in [0.717, 1.165) is 31.8 Å². The van der Waals surface area contributed by atoms with Gasteiger partial charge in [-0.25, -0.2) is 0 Å². The molecule has 1 rings (SSSR count). The van der Waals surface area contributed by atoms with E-state index >= 15 is 0 Å². The lowest BCUT2D eigenvalue weighted by atomic mass is 10.1. The van der Waals surface area contributed by atoms with Gasteiger partial charge in [-0.2, -0.15) is 11.8 Å². The molecule has 0 aromatic heterocycles. The number of rotatable bonds is 5. The molecule has 0 radical (unpaired) electrons. The first-order valence-corrected chi connectivity index (χ1v) is 7.24. The Morgan fingerprint density at radius 1 is 1.53 bits per heavy atom. The number of carbonyl (C=O) groups excluding carboxylic acids is 1. The molecular formula is C12H25ClN2OS. The van der Waals surface area contributed by atoms with Gasteiger partial charge in [-0.1, -0.05) is 13.8 Å². The molecule has 0 saturated carbocycles. The molecule has 1 fully saturated rings. The smallest absolute Gasteiger partial charge is 0.222 e. The number of thioether (sulfide) groups is 1. The van der Waals surface area contributed by atoms with Crippen LogP contribution in [-0.4, -0.2) is 48.5 Å². The number of halogens is 1. The lowest BCUT2D eigenvalue weighted by molar-refractivity contribution is -0.131. The molecule has 1 saturated heterocycles. The molecule has 1 aliphatic heterocycles. The molecule has 1 atom stereocenters. The van der Waals surface area contributed by atoms with Crippen LogP contribution < -0.4 is 5.32 Å². The first-order valence-electron chi connectivity index (χ1n) is 6.19. The quantitative estimate of drug-likeness (QED) is 0.782. The standard InChI is InChI=1S/C12H24N2OS.ClH/c1-10(2)11-9-14(7-8-16-11)12(15)5-4-6-13-3;/h10-11,13H,4-9H2,1-3H3;1H. The van der Waals surface area contributed by atoms with Crippen molar-refractivity contribution >= 4 is 30.1 Å². The zero-order chi connectivity index (χ0) is 12.0. The fourth-order valence-electron chi connectivity index (χ4n) is 1.88. The van der Waals surface area contributed by atoms with Crippen LogP contribution in [0.4, 0.5) is 0 Å². The van der Waals surface area contributed by atoms with Crippen LogP contribution in [0.1, 0.15) is 26.7 Å². The maximum atomic E-state index is 11.9. The first-order chi connectivity index (χ1) is 7.65. The maximum Gasteiger partial charge on any atom is 0.222 e. The molecule has 1 N–H and O–H groups in total. The molecule has 5 heteroatoms. The van der Waals surface area contributed by atoms with Crippen LogP contribution in [0.3, 0.4) is 0 Å². The van der Waals surface area contributed by atoms with E-state index in [1.165, 1.54) is 0 Å². The van der Waals surface area contributed by atoms with Crippen molar-refractivity contribution in [2.24, 2.45) is 5.92 Å². The molecule has 0 aliphatic carbocycles. The molecule has 1 unspecified atom stereocenters. The Kier molecular flexibility index (Phi) is 9.10. The second-order valence-corrected chi connectivity index (χ2v) is 6.05. The third-order valence-corrected chi connectivity index (χ3v) is 4.55. The number of carbonyl (C=O) groups is 1. The van der Waals surface area contributed by atoms with Gasteiger partial charge in [0, 0.05) is 30.5 Å². The number of nitrogens with one attached hydrogen (secondary N) is 1. The highest BCUT2D eigenvalue weighted by Crippen LogP contribution is 2.25. The summed E-state index contributed by atoms with van der Waals surface area (Å²) in [6.45, 7) is 7.30. The molecule has 3 nitrogen and oxygen atoms in total. The van der Waals surface area contributed by atoms with Gasteiger partial charge >= 0.3 is 0 Å². The molecule has 17 heavy (non-hydrogen) atoms. The SMILES string of the molecule is CNCCCC(=O)N1CCSC(C(C)C)C1.Cl. The topological polar surface area (TPSA) is 32.3 Å². The second kappa shape index (κ2) is 9.06. The Bertz CT molecular complexity index is 227. The third-order valence-electron chi connectivity index (χ3n) is 3.01. The van der Waals surface area contributed by atoms with E-state index in [-0.39, 0.29) is 12.4 Å². The van der Waals surface area contributed by atoms with E-state index in [1.807, 2.05) is 18.8 Å². The highest BCUT2D eigenvalue weighted by molar-refractivity contribution is 8.00. The van der Waals surface area contributed by atoms with Crippen LogP contribution in [0.25, 0.3) is 0 Å². The number of amides is 1. The van der Waals surface area contributed by atoms with E-state index in [2.05, 4.69) is 24.1 Å². The van der Waals surface area contributed by atoms with E-state index in [0.29, 0.717) is 23.5 Å². The van der Waals surface area contributed by atoms with Crippen LogP contribution in [0, 0.1) is 5.92 Å². The second-order valence-electron chi connectivity index (χ2n) is 4.70. The Morgan fingerprint density at radius 3 is 2.82 bits per heavy atom. The van der Waals surface area contributed by atoms with Crippen molar-refractivity contribution in [2.45, 2.75) is 31.9 Å². The molecule has 0 spiro atoms. The molecule has 0 bridgehead atoms. The summed E-state index contributed by atoms with van der Waals surface area (Å²) in [5.74, 6) is 2.10. The monoisotopic (exact) mass is 280 g/mol. The summed E-state index contributed by atoms with van der Waals surface area (Å²) in [6, 6.07) is 0. The van der Waals surface area contributed by atoms with Gasteiger partial charge < -0.3 is 10.2 Å². The van der Waals surface area contributed by atoms with Crippen LogP contribution >= 0.6 is 24.2 Å². The Hall–Kier alpha value is 0.0700. The summed E-state index contributed by atoms with van der Waals surface area (Å²) < 4.78 is 0. The van der Waals surface area contributed by atoms with Gasteiger partial charge in [-0.05, 0) is 25.9 Å². The summed E-state index contributed by atoms with van der Waals surface area (Å²) >= 11 is 2.01. The molecule has 1 amide bonds. The summed E-state index contributed by atoms with van der Waals surface area (Å²) in [5, 5.41) is 3.70. The molecule has 0 aromatic carbocycles. The Labute approximate surface area is 115 Å². The Balaban J connectivity index is 0.00000256. The minimum atomic E-state index is 0. The van der Waals surface area contributed by atoms with E-state index < -0.39 is 0 Å². The first kappa shape index (κ1) is 17.1. The van der Waals surface area contributed by atoms with Crippen molar-refractivity contribution in [2.75, 3.05) is 32.4 Å². The van der Waals surface area contributed by atoms with Crippen molar-refractivity contribution < 1.29 is 4.79 Å². The molecule has 102 valence electrons. The summed E-state index contributed by atoms with van der Waals surface area (Å²) in [7, 11) is 1.93. The van der Waals surface area contributed by atoms with Gasteiger partial charge in [0.1, 0.15) is 0 Å². The van der Waals surface area contributed by atoms with Crippen LogP contribution in [0.2, 0.25) is 0 Å². The molecule has 1 aliphatic rings. The van der Waals surface area contributed by atoms with Gasteiger partial charge in [-0.3, -0.25) is 4.79 Å². The van der Waals surface area contributed by atoms with Gasteiger partial charge in [0.05, 0.1) is 0 Å².